The van der Waals surface area contributed by atoms with Crippen LogP contribution in [0.25, 0.3) is 0 Å². The predicted octanol–water partition coefficient (Wildman–Crippen LogP) is 3.31. The molecule has 0 heterocycles. The highest BCUT2D eigenvalue weighted by Crippen LogP contribution is 2.44. The van der Waals surface area contributed by atoms with E-state index in [-0.39, 0.29) is 12.0 Å². The maximum atomic E-state index is 13.0. The van der Waals surface area contributed by atoms with Gasteiger partial charge >= 0.3 is 12.1 Å². The fourth-order valence-electron chi connectivity index (χ4n) is 1.31. The lowest BCUT2D eigenvalue weighted by molar-refractivity contribution is -0.289. The van der Waals surface area contributed by atoms with E-state index in [4.69, 9.17) is 0 Å². The van der Waals surface area contributed by atoms with E-state index in [0.717, 1.165) is 12.1 Å². The minimum Gasteiger partial charge on any atom is -0.236 e. The molecular weight excluding hydrogens is 231 g/mol. The number of alkyl halides is 5. The van der Waals surface area contributed by atoms with Crippen LogP contribution in [0.4, 0.5) is 22.0 Å². The molecule has 0 aliphatic heterocycles. The second kappa shape index (κ2) is 4.37. The Morgan fingerprint density at radius 3 is 2.06 bits per heavy atom. The molecule has 89 valence electrons. The van der Waals surface area contributed by atoms with Gasteiger partial charge in [-0.25, -0.2) is 5.11 Å². The van der Waals surface area contributed by atoms with Gasteiger partial charge in [-0.1, -0.05) is 24.3 Å². The molecule has 0 atom stereocenters. The Kier molecular flexibility index (Phi) is 3.52. The quantitative estimate of drug-likeness (QED) is 0.721. The topological polar surface area (TPSA) is 19.9 Å². The van der Waals surface area contributed by atoms with Crippen molar-refractivity contribution in [3.05, 3.63) is 35.4 Å². The molecule has 0 aliphatic carbocycles. The van der Waals surface area contributed by atoms with Gasteiger partial charge in [0, 0.05) is 5.56 Å². The summed E-state index contributed by atoms with van der Waals surface area (Å²) in [7, 11) is 0. The lowest BCUT2D eigenvalue weighted by Crippen LogP contribution is -2.34. The summed E-state index contributed by atoms with van der Waals surface area (Å²) in [5.41, 5.74) is -1.40. The Morgan fingerprint density at radius 2 is 1.56 bits per heavy atom. The van der Waals surface area contributed by atoms with Crippen molar-refractivity contribution in [1.29, 1.82) is 0 Å². The molecule has 1 radical (unpaired) electrons. The van der Waals surface area contributed by atoms with Gasteiger partial charge in [-0.3, -0.25) is 0 Å². The third-order valence-corrected chi connectivity index (χ3v) is 2.08. The van der Waals surface area contributed by atoms with E-state index >= 15 is 0 Å². The van der Waals surface area contributed by atoms with Crippen LogP contribution in [-0.4, -0.2) is 12.8 Å². The molecule has 16 heavy (non-hydrogen) atoms. The lowest BCUT2D eigenvalue weighted by atomic mass is 9.99. The summed E-state index contributed by atoms with van der Waals surface area (Å²) in [5, 5.41) is 10.3. The first kappa shape index (κ1) is 12.9. The second-order valence-corrected chi connectivity index (χ2v) is 3.18. The largest absolute Gasteiger partial charge is 0.458 e. The third-order valence-electron chi connectivity index (χ3n) is 2.08. The fourth-order valence-corrected chi connectivity index (χ4v) is 1.31. The highest BCUT2D eigenvalue weighted by molar-refractivity contribution is 5.32. The molecule has 0 bridgehead atoms. The van der Waals surface area contributed by atoms with Gasteiger partial charge in [0.05, 0.1) is 6.61 Å². The molecule has 0 unspecified atom stereocenters. The molecule has 0 saturated heterocycles. The molecule has 1 aromatic rings. The number of hydrogen-bond donors (Lipinski definition) is 0. The summed E-state index contributed by atoms with van der Waals surface area (Å²) < 4.78 is 62.4. The molecule has 1 aromatic carbocycles. The van der Waals surface area contributed by atoms with Gasteiger partial charge in [-0.2, -0.15) is 22.0 Å². The van der Waals surface area contributed by atoms with E-state index in [2.05, 4.69) is 0 Å². The minimum atomic E-state index is -5.65. The molecule has 1 nitrogen and oxygen atoms in total. The molecule has 6 heteroatoms. The highest BCUT2D eigenvalue weighted by Gasteiger charge is 2.59. The Hall–Kier alpha value is -1.17. The molecule has 0 spiro atoms. The van der Waals surface area contributed by atoms with Crippen LogP contribution in [0.1, 0.15) is 11.1 Å². The van der Waals surface area contributed by atoms with Crippen LogP contribution >= 0.6 is 0 Å². The van der Waals surface area contributed by atoms with Crippen molar-refractivity contribution >= 4 is 0 Å². The molecule has 0 aromatic heterocycles. The number of hydrogen-bond acceptors (Lipinski definition) is 0. The van der Waals surface area contributed by atoms with E-state index < -0.39 is 24.3 Å². The van der Waals surface area contributed by atoms with Crippen molar-refractivity contribution in [2.75, 3.05) is 6.61 Å². The first-order valence-electron chi connectivity index (χ1n) is 4.41. The zero-order valence-corrected chi connectivity index (χ0v) is 8.02. The van der Waals surface area contributed by atoms with E-state index in [9.17, 15) is 27.1 Å². The summed E-state index contributed by atoms with van der Waals surface area (Å²) in [4.78, 5) is 0. The maximum absolute atomic E-state index is 13.0. The third kappa shape index (κ3) is 2.32. The van der Waals surface area contributed by atoms with Crippen LogP contribution in [0.5, 0.6) is 0 Å². The molecule has 0 N–H and O–H groups in total. The molecular formula is C10H8F5O. The normalized spacial score (nSPS) is 12.9. The average Bonchev–Trinajstić information content (AvgIpc) is 2.17. The van der Waals surface area contributed by atoms with Gasteiger partial charge in [0.15, 0.2) is 0 Å². The van der Waals surface area contributed by atoms with E-state index in [0.29, 0.717) is 6.07 Å². The van der Waals surface area contributed by atoms with Gasteiger partial charge in [-0.15, -0.1) is 0 Å². The van der Waals surface area contributed by atoms with Crippen molar-refractivity contribution in [3.8, 4) is 0 Å². The molecule has 0 saturated carbocycles. The zero-order valence-electron chi connectivity index (χ0n) is 8.02. The van der Waals surface area contributed by atoms with Crippen LogP contribution in [-0.2, 0) is 17.4 Å². The van der Waals surface area contributed by atoms with Crippen molar-refractivity contribution in [2.24, 2.45) is 0 Å². The van der Waals surface area contributed by atoms with E-state index in [1.54, 1.807) is 0 Å². The molecule has 0 amide bonds. The highest BCUT2D eigenvalue weighted by atomic mass is 19.4. The Bertz CT molecular complexity index is 358. The summed E-state index contributed by atoms with van der Waals surface area (Å²) in [6, 6.07) is 4.20. The van der Waals surface area contributed by atoms with Gasteiger partial charge in [-0.05, 0) is 12.0 Å². The summed E-state index contributed by atoms with van der Waals surface area (Å²) in [6.45, 7) is -0.731. The maximum Gasteiger partial charge on any atom is 0.458 e. The first-order valence-corrected chi connectivity index (χ1v) is 4.41. The Morgan fingerprint density at radius 1 is 1.00 bits per heavy atom. The van der Waals surface area contributed by atoms with E-state index in [1.807, 2.05) is 0 Å². The number of benzene rings is 1. The van der Waals surface area contributed by atoms with Crippen molar-refractivity contribution in [1.82, 2.24) is 0 Å². The molecule has 0 fully saturated rings. The standard InChI is InChI=1S/C10H8F5O/c11-9(12,10(13,14)15)8-4-2-1-3-7(8)5-6-16/h1-4H,5-6H2. The molecule has 0 aliphatic rings. The van der Waals surface area contributed by atoms with Crippen LogP contribution in [0, 0.1) is 0 Å². The van der Waals surface area contributed by atoms with Gasteiger partial charge < -0.3 is 0 Å². The monoisotopic (exact) mass is 239 g/mol. The van der Waals surface area contributed by atoms with Crippen LogP contribution in [0.2, 0.25) is 0 Å². The fraction of sp³-hybridized carbons (Fsp3) is 0.400. The summed E-state index contributed by atoms with van der Waals surface area (Å²) in [5.74, 6) is -4.92. The van der Waals surface area contributed by atoms with E-state index in [1.165, 1.54) is 6.07 Å². The van der Waals surface area contributed by atoms with Gasteiger partial charge in [0.1, 0.15) is 0 Å². The van der Waals surface area contributed by atoms with Gasteiger partial charge in [0.25, 0.3) is 0 Å². The Balaban J connectivity index is 3.21. The summed E-state index contributed by atoms with van der Waals surface area (Å²) in [6.07, 6.45) is -5.99. The molecule has 1 rings (SSSR count). The first-order chi connectivity index (χ1) is 7.30. The number of rotatable bonds is 3. The minimum absolute atomic E-state index is 0.264. The lowest BCUT2D eigenvalue weighted by Gasteiger charge is -2.22. The van der Waals surface area contributed by atoms with Gasteiger partial charge in [0.2, 0.25) is 0 Å². The van der Waals surface area contributed by atoms with Crippen LogP contribution in [0.15, 0.2) is 24.3 Å². The summed E-state index contributed by atoms with van der Waals surface area (Å²) >= 11 is 0. The van der Waals surface area contributed by atoms with Crippen molar-refractivity contribution < 1.29 is 27.1 Å². The predicted molar refractivity (Wildman–Crippen MR) is 45.6 cm³/mol. The van der Waals surface area contributed by atoms with Crippen LogP contribution < -0.4 is 0 Å². The average molecular weight is 239 g/mol. The zero-order chi connectivity index (χ0) is 12.4. The van der Waals surface area contributed by atoms with Crippen molar-refractivity contribution in [2.45, 2.75) is 18.5 Å². The SMILES string of the molecule is [O]CCc1ccccc1C(F)(F)C(F)(F)F. The van der Waals surface area contributed by atoms with Crippen LogP contribution in [0.3, 0.4) is 0 Å². The Labute approximate surface area is 88.5 Å². The van der Waals surface area contributed by atoms with Crippen molar-refractivity contribution in [3.63, 3.8) is 0 Å². The number of halogens is 5. The smallest absolute Gasteiger partial charge is 0.236 e. The second-order valence-electron chi connectivity index (χ2n) is 3.18.